The molecule has 0 saturated heterocycles. The van der Waals surface area contributed by atoms with E-state index in [2.05, 4.69) is 49.1 Å². The number of anilines is 1. The van der Waals surface area contributed by atoms with Crippen LogP contribution in [0.15, 0.2) is 134 Å². The number of rotatable bonds is 8. The molecule has 4 heterocycles. The van der Waals surface area contributed by atoms with Crippen LogP contribution < -0.4 is 14.0 Å². The number of fused-ring (bicyclic) bond motifs is 2. The minimum Gasteiger partial charge on any atom is -0.747 e. The summed E-state index contributed by atoms with van der Waals surface area (Å²) < 4.78 is 75.4. The summed E-state index contributed by atoms with van der Waals surface area (Å²) in [6.07, 6.45) is 17.0. The predicted octanol–water partition coefficient (Wildman–Crippen LogP) is 4.86. The highest BCUT2D eigenvalue weighted by Gasteiger charge is 2.44. The summed E-state index contributed by atoms with van der Waals surface area (Å²) in [6.45, 7) is 7.87. The number of pyridine rings is 2. The lowest BCUT2D eigenvalue weighted by molar-refractivity contribution is -0.671. The highest BCUT2D eigenvalue weighted by molar-refractivity contribution is 7.85. The summed E-state index contributed by atoms with van der Waals surface area (Å²) in [4.78, 5) is 1.53. The molecule has 12 heteroatoms. The summed E-state index contributed by atoms with van der Waals surface area (Å²) in [5.74, 6) is -1.35. The Hall–Kier alpha value is -4.75. The van der Waals surface area contributed by atoms with Gasteiger partial charge in [-0.1, -0.05) is 68.5 Å². The van der Waals surface area contributed by atoms with Crippen molar-refractivity contribution in [2.45, 2.75) is 38.5 Å². The van der Waals surface area contributed by atoms with E-state index in [4.69, 9.17) is 0 Å². The van der Waals surface area contributed by atoms with E-state index in [0.29, 0.717) is 22.8 Å². The van der Waals surface area contributed by atoms with Crippen molar-refractivity contribution in [2.75, 3.05) is 16.7 Å². The average Bonchev–Trinajstić information content (AvgIpc) is 3.39. The Bertz CT molecular complexity index is 2230. The molecule has 2 aliphatic heterocycles. The molecule has 266 valence electrons. The third kappa shape index (κ3) is 8.59. The number of hydrogen-bond acceptors (Lipinski definition) is 7. The van der Waals surface area contributed by atoms with Gasteiger partial charge in [0.1, 0.15) is 30.1 Å². The second-order valence-electron chi connectivity index (χ2n) is 13.7. The van der Waals surface area contributed by atoms with Gasteiger partial charge in [-0.15, -0.1) is 0 Å². The van der Waals surface area contributed by atoms with Gasteiger partial charge in [0.25, 0.3) is 0 Å². The van der Waals surface area contributed by atoms with Crippen LogP contribution in [-0.4, -0.2) is 48.0 Å². The Labute approximate surface area is 301 Å². The molecule has 0 bridgehead atoms. The molecule has 2 aliphatic rings. The van der Waals surface area contributed by atoms with E-state index in [1.165, 1.54) is 20.6 Å². The molecule has 0 aliphatic carbocycles. The van der Waals surface area contributed by atoms with Gasteiger partial charge >= 0.3 is 0 Å². The van der Waals surface area contributed by atoms with Crippen molar-refractivity contribution in [3.05, 3.63) is 145 Å². The first-order valence-corrected chi connectivity index (χ1v) is 19.5. The van der Waals surface area contributed by atoms with Gasteiger partial charge in [0, 0.05) is 58.8 Å². The van der Waals surface area contributed by atoms with Crippen molar-refractivity contribution < 1.29 is 39.7 Å². The van der Waals surface area contributed by atoms with Crippen molar-refractivity contribution >= 4 is 37.3 Å². The standard InChI is InChI=1S/C27H30N2O6S2.C12H14N2/c1-26(2)20-12-8-10-14-22(20)28(18-36(30,31)32)24(26)16-6-5-7-17-25-27(3,4)21-13-9-11-15-23(21)29(25)19-37(33,34)35;1-13-7-3-11(4-8-13)12-5-9-14(2)10-6-12/h5-17H,18-19H2,1-4H3,(H-,30,31,32,33,34,35);3-10H,1-2H3/q;+2/p-1. The minimum atomic E-state index is -4.53. The van der Waals surface area contributed by atoms with Crippen molar-refractivity contribution in [3.8, 4) is 11.1 Å². The molecule has 2 aromatic heterocycles. The Morgan fingerprint density at radius 3 is 1.75 bits per heavy atom. The zero-order valence-corrected chi connectivity index (χ0v) is 31.2. The van der Waals surface area contributed by atoms with E-state index in [1.807, 2.05) is 75.2 Å². The number of aromatic nitrogens is 2. The fourth-order valence-electron chi connectivity index (χ4n) is 6.62. The molecule has 0 N–H and O–H groups in total. The maximum absolute atomic E-state index is 11.6. The molecular weight excluding hydrogens is 685 g/mol. The van der Waals surface area contributed by atoms with E-state index >= 15 is 0 Å². The normalized spacial score (nSPS) is 17.2. The second kappa shape index (κ2) is 14.5. The van der Waals surface area contributed by atoms with Crippen LogP contribution in [0.3, 0.4) is 0 Å². The molecule has 0 atom stereocenters. The highest BCUT2D eigenvalue weighted by atomic mass is 32.2. The SMILES string of the molecule is CC1(C)C(=CC=CC=CC2=[N+](CS(=O)(=O)[O-])c3ccccc3C2(C)C)N(CS(=O)(=O)[O-])c2ccccc21.C[n+]1ccc(-c2cc[n+](C)cc2)cc1. The zero-order chi connectivity index (χ0) is 37.2. The molecule has 0 unspecified atom stereocenters. The predicted molar refractivity (Wildman–Crippen MR) is 196 cm³/mol. The summed E-state index contributed by atoms with van der Waals surface area (Å²) in [6, 6.07) is 23.2. The molecule has 6 rings (SSSR count). The minimum absolute atomic E-state index is 0.529. The molecule has 4 aromatic rings. The van der Waals surface area contributed by atoms with Crippen molar-refractivity contribution in [3.63, 3.8) is 0 Å². The summed E-state index contributed by atoms with van der Waals surface area (Å²) in [7, 11) is -5.01. The lowest BCUT2D eigenvalue weighted by Gasteiger charge is -2.27. The number of hydrogen-bond donors (Lipinski definition) is 0. The highest BCUT2D eigenvalue weighted by Crippen LogP contribution is 2.47. The van der Waals surface area contributed by atoms with Gasteiger partial charge in [-0.2, -0.15) is 4.58 Å². The maximum Gasteiger partial charge on any atom is 0.237 e. The van der Waals surface area contributed by atoms with Crippen LogP contribution in [0.4, 0.5) is 11.4 Å². The van der Waals surface area contributed by atoms with Crippen molar-refractivity contribution in [1.82, 2.24) is 0 Å². The van der Waals surface area contributed by atoms with E-state index in [9.17, 15) is 25.9 Å². The number of benzene rings is 2. The smallest absolute Gasteiger partial charge is 0.237 e. The van der Waals surface area contributed by atoms with Gasteiger partial charge in [-0.25, -0.2) is 26.0 Å². The number of aryl methyl sites for hydroxylation is 2. The molecule has 0 radical (unpaired) electrons. The van der Waals surface area contributed by atoms with E-state index < -0.39 is 42.8 Å². The first-order chi connectivity index (χ1) is 23.9. The first-order valence-electron chi connectivity index (χ1n) is 16.3. The Morgan fingerprint density at radius 1 is 0.667 bits per heavy atom. The first kappa shape index (κ1) is 37.5. The summed E-state index contributed by atoms with van der Waals surface area (Å²) in [5, 5.41) is 0. The molecule has 0 saturated carbocycles. The van der Waals surface area contributed by atoms with Crippen molar-refractivity contribution in [2.24, 2.45) is 14.1 Å². The van der Waals surface area contributed by atoms with Crippen LogP contribution in [0.1, 0.15) is 38.8 Å². The average molecular weight is 728 g/mol. The fourth-order valence-corrected chi connectivity index (χ4v) is 7.81. The van der Waals surface area contributed by atoms with Gasteiger partial charge < -0.3 is 14.0 Å². The largest absolute Gasteiger partial charge is 0.747 e. The second-order valence-corrected chi connectivity index (χ2v) is 16.4. The van der Waals surface area contributed by atoms with Crippen LogP contribution >= 0.6 is 0 Å². The molecule has 0 fully saturated rings. The van der Waals surface area contributed by atoms with Crippen LogP contribution in [-0.2, 0) is 45.2 Å². The monoisotopic (exact) mass is 727 g/mol. The summed E-state index contributed by atoms with van der Waals surface area (Å²) in [5.41, 5.74) is 5.98. The summed E-state index contributed by atoms with van der Waals surface area (Å²) >= 11 is 0. The van der Waals surface area contributed by atoms with Gasteiger partial charge in [-0.05, 0) is 42.7 Å². The number of nitrogens with zero attached hydrogens (tertiary/aromatic N) is 4. The van der Waals surface area contributed by atoms with Crippen LogP contribution in [0, 0.1) is 0 Å². The lowest BCUT2D eigenvalue weighted by Crippen LogP contribution is -2.30. The molecule has 0 amide bonds. The Kier molecular flexibility index (Phi) is 10.6. The molecule has 2 aromatic carbocycles. The number of para-hydroxylation sites is 2. The van der Waals surface area contributed by atoms with Crippen molar-refractivity contribution in [1.29, 1.82) is 0 Å². The van der Waals surface area contributed by atoms with Gasteiger partial charge in [0.2, 0.25) is 11.6 Å². The zero-order valence-electron chi connectivity index (χ0n) is 29.6. The van der Waals surface area contributed by atoms with Gasteiger partial charge in [0.15, 0.2) is 40.6 Å². The topological polar surface area (TPSA) is 128 Å². The quantitative estimate of drug-likeness (QED) is 0.144. The van der Waals surface area contributed by atoms with Gasteiger partial charge in [-0.3, -0.25) is 0 Å². The van der Waals surface area contributed by atoms with Crippen LogP contribution in [0.25, 0.3) is 11.1 Å². The lowest BCUT2D eigenvalue weighted by atomic mass is 9.81. The molecular formula is C39H43N4O6S2+. The number of allylic oxidation sites excluding steroid dienone is 6. The van der Waals surface area contributed by atoms with E-state index in [-0.39, 0.29) is 0 Å². The third-order valence-electron chi connectivity index (χ3n) is 9.19. The third-order valence-corrected chi connectivity index (χ3v) is 10.3. The van der Waals surface area contributed by atoms with Crippen LogP contribution in [0.2, 0.25) is 0 Å². The van der Waals surface area contributed by atoms with Gasteiger partial charge in [0.05, 0.1) is 5.41 Å². The molecule has 0 spiro atoms. The Morgan fingerprint density at radius 2 is 1.20 bits per heavy atom. The molecule has 10 nitrogen and oxygen atoms in total. The van der Waals surface area contributed by atoms with E-state index in [0.717, 1.165) is 11.1 Å². The fraction of sp³-hybridized carbons (Fsp3) is 0.256. The van der Waals surface area contributed by atoms with Crippen LogP contribution in [0.5, 0.6) is 0 Å². The molecule has 51 heavy (non-hydrogen) atoms. The Balaban J connectivity index is 0.000000299. The maximum atomic E-state index is 11.6. The van der Waals surface area contributed by atoms with E-state index in [1.54, 1.807) is 54.6 Å².